The topological polar surface area (TPSA) is 52.4 Å². The molecule has 1 aromatic carbocycles. The first kappa shape index (κ1) is 18.4. The summed E-state index contributed by atoms with van der Waals surface area (Å²) < 4.78 is 0. The molecule has 1 aliphatic rings. The van der Waals surface area contributed by atoms with Gasteiger partial charge in [0.25, 0.3) is 0 Å². The molecule has 1 aromatic rings. The molecule has 25 heavy (non-hydrogen) atoms. The Morgan fingerprint density at radius 3 is 2.60 bits per heavy atom. The Kier molecular flexibility index (Phi) is 6.46. The monoisotopic (exact) mass is 335 g/mol. The maximum atomic E-state index is 4.67. The summed E-state index contributed by atoms with van der Waals surface area (Å²) in [4.78, 5) is 14.8. The maximum Gasteiger partial charge on any atom is 0.108 e. The second kappa shape index (κ2) is 8.78. The molecule has 0 saturated heterocycles. The number of amidine groups is 1. The molecule has 0 saturated carbocycles. The number of rotatable bonds is 6. The standard InChI is InChI=1S/C20H25N5/c1-15(25(4)5)12-16-6-8-17(9-7-16)19-13-18(23-11-10-21-2)14-20(22-3)24-19/h6-11,13H,1-2,12,14H2,3-5H3,(H,22,24)/b11-10-,23-18-. The molecule has 5 heteroatoms. The molecule has 0 bridgehead atoms. The summed E-state index contributed by atoms with van der Waals surface area (Å²) in [7, 11) is 5.89. The molecule has 0 atom stereocenters. The summed E-state index contributed by atoms with van der Waals surface area (Å²) in [6.45, 7) is 7.49. The van der Waals surface area contributed by atoms with Crippen LogP contribution in [0.15, 0.2) is 70.0 Å². The van der Waals surface area contributed by atoms with Crippen LogP contribution in [0.4, 0.5) is 0 Å². The zero-order chi connectivity index (χ0) is 18.2. The largest absolute Gasteiger partial charge is 0.381 e. The number of aliphatic imine (C=N–C) groups is 3. The third-order valence-electron chi connectivity index (χ3n) is 3.90. The minimum absolute atomic E-state index is 0.669. The summed E-state index contributed by atoms with van der Waals surface area (Å²) in [5, 5.41) is 3.13. The van der Waals surface area contributed by atoms with Crippen LogP contribution in [0.3, 0.4) is 0 Å². The van der Waals surface area contributed by atoms with E-state index in [-0.39, 0.29) is 0 Å². The number of allylic oxidation sites excluding steroid dienone is 2. The van der Waals surface area contributed by atoms with Crippen molar-refractivity contribution in [2.75, 3.05) is 21.1 Å². The van der Waals surface area contributed by atoms with Crippen LogP contribution in [-0.4, -0.2) is 44.3 Å². The number of benzene rings is 1. The molecule has 1 heterocycles. The van der Waals surface area contributed by atoms with Crippen molar-refractivity contribution >= 4 is 24.0 Å². The van der Waals surface area contributed by atoms with Gasteiger partial charge in [0, 0.05) is 57.6 Å². The van der Waals surface area contributed by atoms with Crippen LogP contribution in [0.5, 0.6) is 0 Å². The van der Waals surface area contributed by atoms with Gasteiger partial charge < -0.3 is 10.2 Å². The van der Waals surface area contributed by atoms with E-state index >= 15 is 0 Å². The molecule has 0 aromatic heterocycles. The fourth-order valence-corrected chi connectivity index (χ4v) is 2.34. The van der Waals surface area contributed by atoms with Crippen LogP contribution in [0.25, 0.3) is 5.70 Å². The van der Waals surface area contributed by atoms with E-state index < -0.39 is 0 Å². The molecular weight excluding hydrogens is 310 g/mol. The van der Waals surface area contributed by atoms with Crippen molar-refractivity contribution in [3.63, 3.8) is 0 Å². The summed E-state index contributed by atoms with van der Waals surface area (Å²) in [5.41, 5.74) is 5.19. The van der Waals surface area contributed by atoms with Crippen molar-refractivity contribution in [1.29, 1.82) is 0 Å². The number of hydrogen-bond donors (Lipinski definition) is 1. The molecule has 0 fully saturated rings. The van der Waals surface area contributed by atoms with E-state index in [0.717, 1.165) is 34.9 Å². The molecule has 0 spiro atoms. The Morgan fingerprint density at radius 2 is 2.00 bits per heavy atom. The lowest BCUT2D eigenvalue weighted by Crippen LogP contribution is -2.24. The van der Waals surface area contributed by atoms with Gasteiger partial charge in [-0.2, -0.15) is 0 Å². The Hall–Kier alpha value is -2.95. The van der Waals surface area contributed by atoms with Crippen molar-refractivity contribution in [2.24, 2.45) is 15.0 Å². The van der Waals surface area contributed by atoms with E-state index in [1.807, 2.05) is 32.1 Å². The molecule has 0 amide bonds. The number of likely N-dealkylation sites (N-methyl/N-ethyl adjacent to an activating group) is 1. The zero-order valence-corrected chi connectivity index (χ0v) is 15.2. The van der Waals surface area contributed by atoms with E-state index in [2.05, 4.69) is 57.9 Å². The fourth-order valence-electron chi connectivity index (χ4n) is 2.34. The number of nitrogens with one attached hydrogen (secondary N) is 1. The van der Waals surface area contributed by atoms with Crippen molar-refractivity contribution in [3.8, 4) is 0 Å². The first-order valence-corrected chi connectivity index (χ1v) is 8.12. The van der Waals surface area contributed by atoms with Gasteiger partial charge in [-0.05, 0) is 18.4 Å². The SMILES string of the molecule is C=N/C=C\N=C1\C=C(c2ccc(CC(=C)N(C)C)cc2)N=C(NC)C1. The third-order valence-corrected chi connectivity index (χ3v) is 3.90. The van der Waals surface area contributed by atoms with Gasteiger partial charge in [0.1, 0.15) is 5.84 Å². The summed E-state index contributed by atoms with van der Waals surface area (Å²) in [6.07, 6.45) is 6.72. The van der Waals surface area contributed by atoms with Crippen LogP contribution in [0, 0.1) is 0 Å². The lowest BCUT2D eigenvalue weighted by molar-refractivity contribution is 0.501. The predicted octanol–water partition coefficient (Wildman–Crippen LogP) is 3.28. The number of nitrogens with zero attached hydrogens (tertiary/aromatic N) is 4. The minimum Gasteiger partial charge on any atom is -0.381 e. The van der Waals surface area contributed by atoms with Gasteiger partial charge in [-0.15, -0.1) is 0 Å². The highest BCUT2D eigenvalue weighted by molar-refractivity contribution is 6.15. The molecule has 0 unspecified atom stereocenters. The fraction of sp³-hybridized carbons (Fsp3) is 0.250. The van der Waals surface area contributed by atoms with Gasteiger partial charge in [0.15, 0.2) is 0 Å². The lowest BCUT2D eigenvalue weighted by Gasteiger charge is -2.16. The van der Waals surface area contributed by atoms with Crippen LogP contribution < -0.4 is 5.32 Å². The summed E-state index contributed by atoms with van der Waals surface area (Å²) in [6, 6.07) is 8.41. The second-order valence-electron chi connectivity index (χ2n) is 5.95. The average molecular weight is 335 g/mol. The molecule has 5 nitrogen and oxygen atoms in total. The average Bonchev–Trinajstić information content (AvgIpc) is 2.62. The van der Waals surface area contributed by atoms with Gasteiger partial charge in [-0.25, -0.2) is 4.99 Å². The van der Waals surface area contributed by atoms with E-state index in [1.54, 1.807) is 12.4 Å². The highest BCUT2D eigenvalue weighted by Gasteiger charge is 2.12. The highest BCUT2D eigenvalue weighted by atomic mass is 15.1. The Morgan fingerprint density at radius 1 is 1.28 bits per heavy atom. The maximum absolute atomic E-state index is 4.67. The zero-order valence-electron chi connectivity index (χ0n) is 15.2. The third kappa shape index (κ3) is 5.28. The van der Waals surface area contributed by atoms with Crippen molar-refractivity contribution in [3.05, 3.63) is 66.1 Å². The molecule has 1 N–H and O–H groups in total. The second-order valence-corrected chi connectivity index (χ2v) is 5.95. The van der Waals surface area contributed by atoms with Crippen LogP contribution >= 0.6 is 0 Å². The molecule has 1 aliphatic heterocycles. The normalized spacial score (nSPS) is 15.7. The highest BCUT2D eigenvalue weighted by Crippen LogP contribution is 2.22. The lowest BCUT2D eigenvalue weighted by atomic mass is 10.0. The van der Waals surface area contributed by atoms with Crippen molar-refractivity contribution < 1.29 is 0 Å². The molecule has 0 aliphatic carbocycles. The van der Waals surface area contributed by atoms with Gasteiger partial charge in [0.2, 0.25) is 0 Å². The van der Waals surface area contributed by atoms with E-state index in [4.69, 9.17) is 0 Å². The first-order valence-electron chi connectivity index (χ1n) is 8.12. The van der Waals surface area contributed by atoms with Crippen LogP contribution in [0.2, 0.25) is 0 Å². The van der Waals surface area contributed by atoms with E-state index in [0.29, 0.717) is 6.42 Å². The van der Waals surface area contributed by atoms with Crippen LogP contribution in [0.1, 0.15) is 17.5 Å². The van der Waals surface area contributed by atoms with Gasteiger partial charge in [-0.1, -0.05) is 30.8 Å². The minimum atomic E-state index is 0.669. The summed E-state index contributed by atoms with van der Waals surface area (Å²) in [5.74, 6) is 0.890. The molecular formula is C20H25N5. The molecule has 130 valence electrons. The van der Waals surface area contributed by atoms with Crippen molar-refractivity contribution in [2.45, 2.75) is 12.8 Å². The van der Waals surface area contributed by atoms with E-state index in [1.165, 1.54) is 5.56 Å². The number of hydrogen-bond acceptors (Lipinski definition) is 5. The predicted molar refractivity (Wildman–Crippen MR) is 108 cm³/mol. The molecule has 2 rings (SSSR count). The first-order chi connectivity index (χ1) is 12.0. The Labute approximate surface area is 149 Å². The molecule has 0 radical (unpaired) electrons. The quantitative estimate of drug-likeness (QED) is 0.811. The van der Waals surface area contributed by atoms with E-state index in [9.17, 15) is 0 Å². The van der Waals surface area contributed by atoms with Gasteiger partial charge in [0.05, 0.1) is 11.4 Å². The van der Waals surface area contributed by atoms with Crippen LogP contribution in [-0.2, 0) is 6.42 Å². The van der Waals surface area contributed by atoms with Gasteiger partial charge in [-0.3, -0.25) is 9.98 Å². The van der Waals surface area contributed by atoms with Gasteiger partial charge >= 0.3 is 0 Å². The Bertz CT molecular complexity index is 749. The smallest absolute Gasteiger partial charge is 0.108 e. The summed E-state index contributed by atoms with van der Waals surface area (Å²) >= 11 is 0. The Balaban J connectivity index is 2.24. The van der Waals surface area contributed by atoms with Crippen molar-refractivity contribution in [1.82, 2.24) is 10.2 Å².